The third-order valence-electron chi connectivity index (χ3n) is 8.00. The average molecular weight is 522 g/mol. The molecule has 1 aliphatic carbocycles. The number of anilines is 4. The van der Waals surface area contributed by atoms with E-state index in [1.165, 1.54) is 19.3 Å². The van der Waals surface area contributed by atoms with Gasteiger partial charge in [0.2, 0.25) is 11.9 Å². The summed E-state index contributed by atoms with van der Waals surface area (Å²) in [5, 5.41) is 9.43. The van der Waals surface area contributed by atoms with Gasteiger partial charge in [-0.25, -0.2) is 4.98 Å². The van der Waals surface area contributed by atoms with Crippen molar-refractivity contribution in [3.8, 4) is 5.75 Å². The molecule has 3 aliphatic rings. The molecule has 3 N–H and O–H groups in total. The van der Waals surface area contributed by atoms with Gasteiger partial charge in [-0.15, -0.1) is 0 Å². The molecular formula is C28H39N7O3. The minimum Gasteiger partial charge on any atom is -0.495 e. The lowest BCUT2D eigenvalue weighted by atomic mass is 9.93. The molecule has 204 valence electrons. The number of ether oxygens (including phenoxy) is 1. The van der Waals surface area contributed by atoms with Gasteiger partial charge in [-0.3, -0.25) is 9.59 Å². The highest BCUT2D eigenvalue weighted by atomic mass is 16.5. The van der Waals surface area contributed by atoms with Crippen molar-refractivity contribution in [3.63, 3.8) is 0 Å². The number of carbonyl (C=O) groups excluding carboxylic acids is 2. The standard InChI is InChI=1S/C28H39N7O3/c1-18-17-35(21-7-5-4-6-8-21)25-23(31-26(18)36)16-29-28(33-25)32-22-10-9-19(15-24(22)38-3)27(37)30-20-11-13-34(2)14-12-20/h9-10,15-16,18,20-21H,4-8,11-14,17H2,1-3H3,(H,30,37)(H,31,36)(H,29,32,33). The van der Waals surface area contributed by atoms with Gasteiger partial charge in [0.25, 0.3) is 5.91 Å². The Balaban J connectivity index is 1.35. The number of hydrogen-bond donors (Lipinski definition) is 3. The van der Waals surface area contributed by atoms with E-state index in [9.17, 15) is 9.59 Å². The van der Waals surface area contributed by atoms with Gasteiger partial charge < -0.3 is 30.5 Å². The number of piperidine rings is 1. The zero-order chi connectivity index (χ0) is 26.6. The number of carbonyl (C=O) groups is 2. The first-order valence-electron chi connectivity index (χ1n) is 13.8. The van der Waals surface area contributed by atoms with Gasteiger partial charge in [-0.2, -0.15) is 4.98 Å². The summed E-state index contributed by atoms with van der Waals surface area (Å²) in [6.45, 7) is 4.56. The van der Waals surface area contributed by atoms with E-state index >= 15 is 0 Å². The number of fused-ring (bicyclic) bond motifs is 1. The number of benzene rings is 1. The van der Waals surface area contributed by atoms with Crippen molar-refractivity contribution in [3.05, 3.63) is 30.0 Å². The van der Waals surface area contributed by atoms with Crippen molar-refractivity contribution < 1.29 is 14.3 Å². The van der Waals surface area contributed by atoms with Crippen LogP contribution in [-0.2, 0) is 4.79 Å². The molecule has 0 spiro atoms. The second-order valence-corrected chi connectivity index (χ2v) is 10.9. The lowest BCUT2D eigenvalue weighted by molar-refractivity contribution is -0.119. The van der Waals surface area contributed by atoms with Crippen LogP contribution < -0.4 is 25.6 Å². The van der Waals surface area contributed by atoms with E-state index in [-0.39, 0.29) is 23.8 Å². The third kappa shape index (κ3) is 5.85. The Kier molecular flexibility index (Phi) is 7.97. The molecule has 2 aliphatic heterocycles. The predicted molar refractivity (Wildman–Crippen MR) is 148 cm³/mol. The molecule has 1 unspecified atom stereocenters. The smallest absolute Gasteiger partial charge is 0.251 e. The molecule has 2 fully saturated rings. The molecule has 1 saturated heterocycles. The van der Waals surface area contributed by atoms with Gasteiger partial charge in [0, 0.05) is 24.2 Å². The Labute approximate surface area is 224 Å². The number of aromatic nitrogens is 2. The molecule has 2 amide bonds. The van der Waals surface area contributed by atoms with Crippen LogP contribution in [0.25, 0.3) is 0 Å². The molecule has 3 heterocycles. The number of rotatable bonds is 6. The number of methoxy groups -OCH3 is 1. The molecule has 10 nitrogen and oxygen atoms in total. The maximum atomic E-state index is 12.9. The van der Waals surface area contributed by atoms with Crippen LogP contribution in [0.15, 0.2) is 24.4 Å². The normalized spacial score (nSPS) is 21.3. The molecule has 1 saturated carbocycles. The summed E-state index contributed by atoms with van der Waals surface area (Å²) in [5.41, 5.74) is 1.86. The van der Waals surface area contributed by atoms with Crippen molar-refractivity contribution >= 4 is 35.0 Å². The Hall–Kier alpha value is -3.40. The molecule has 2 aromatic rings. The SMILES string of the molecule is COc1cc(C(=O)NC2CCN(C)CC2)ccc1Nc1ncc2c(n1)N(C1CCCCC1)CC(C)C(=O)N2. The van der Waals surface area contributed by atoms with E-state index < -0.39 is 0 Å². The monoisotopic (exact) mass is 521 g/mol. The molecule has 38 heavy (non-hydrogen) atoms. The van der Waals surface area contributed by atoms with Crippen LogP contribution in [0.4, 0.5) is 23.1 Å². The van der Waals surface area contributed by atoms with Gasteiger partial charge in [0.1, 0.15) is 11.4 Å². The number of nitrogens with one attached hydrogen (secondary N) is 3. The first-order chi connectivity index (χ1) is 18.4. The minimum atomic E-state index is -0.143. The van der Waals surface area contributed by atoms with Crippen LogP contribution in [-0.4, -0.2) is 72.6 Å². The maximum Gasteiger partial charge on any atom is 0.251 e. The van der Waals surface area contributed by atoms with Crippen LogP contribution in [0.3, 0.4) is 0 Å². The lowest BCUT2D eigenvalue weighted by Crippen LogP contribution is -2.43. The second kappa shape index (κ2) is 11.6. The highest BCUT2D eigenvalue weighted by molar-refractivity contribution is 5.97. The predicted octanol–water partition coefficient (Wildman–Crippen LogP) is 3.78. The average Bonchev–Trinajstić information content (AvgIpc) is 3.06. The molecular weight excluding hydrogens is 482 g/mol. The zero-order valence-electron chi connectivity index (χ0n) is 22.6. The number of amides is 2. The Bertz CT molecular complexity index is 1160. The van der Waals surface area contributed by atoms with Gasteiger partial charge in [-0.05, 0) is 64.0 Å². The lowest BCUT2D eigenvalue weighted by Gasteiger charge is -2.35. The van der Waals surface area contributed by atoms with E-state index in [1.54, 1.807) is 25.4 Å². The summed E-state index contributed by atoms with van der Waals surface area (Å²) in [5.74, 6) is 1.44. The molecule has 1 atom stereocenters. The molecule has 0 bridgehead atoms. The van der Waals surface area contributed by atoms with Crippen molar-refractivity contribution in [1.29, 1.82) is 0 Å². The van der Waals surface area contributed by atoms with E-state index in [1.807, 2.05) is 13.0 Å². The fourth-order valence-corrected chi connectivity index (χ4v) is 5.65. The summed E-state index contributed by atoms with van der Waals surface area (Å²) in [6, 6.07) is 5.89. The highest BCUT2D eigenvalue weighted by Gasteiger charge is 2.32. The van der Waals surface area contributed by atoms with Crippen molar-refractivity contribution in [2.45, 2.75) is 64.0 Å². The highest BCUT2D eigenvalue weighted by Crippen LogP contribution is 2.35. The zero-order valence-corrected chi connectivity index (χ0v) is 22.6. The topological polar surface area (TPSA) is 112 Å². The van der Waals surface area contributed by atoms with Crippen molar-refractivity contribution in [2.24, 2.45) is 5.92 Å². The number of hydrogen-bond acceptors (Lipinski definition) is 8. The molecule has 1 aromatic carbocycles. The van der Waals surface area contributed by atoms with Gasteiger partial charge in [0.05, 0.1) is 24.9 Å². The largest absolute Gasteiger partial charge is 0.495 e. The Morgan fingerprint density at radius 3 is 2.63 bits per heavy atom. The van der Waals surface area contributed by atoms with Crippen LogP contribution in [0.5, 0.6) is 5.75 Å². The minimum absolute atomic E-state index is 0.00958. The molecule has 10 heteroatoms. The maximum absolute atomic E-state index is 12.9. The third-order valence-corrected chi connectivity index (χ3v) is 8.00. The summed E-state index contributed by atoms with van der Waals surface area (Å²) in [6.07, 6.45) is 9.41. The molecule has 1 aromatic heterocycles. The first kappa shape index (κ1) is 26.2. The fraction of sp³-hybridized carbons (Fsp3) is 0.571. The molecule has 0 radical (unpaired) electrons. The fourth-order valence-electron chi connectivity index (χ4n) is 5.65. The second-order valence-electron chi connectivity index (χ2n) is 10.9. The van der Waals surface area contributed by atoms with Crippen LogP contribution >= 0.6 is 0 Å². The number of nitrogens with zero attached hydrogens (tertiary/aromatic N) is 4. The van der Waals surface area contributed by atoms with E-state index in [2.05, 4.69) is 37.8 Å². The van der Waals surface area contributed by atoms with Gasteiger partial charge in [-0.1, -0.05) is 26.2 Å². The Morgan fingerprint density at radius 1 is 1.13 bits per heavy atom. The quantitative estimate of drug-likeness (QED) is 0.527. The summed E-state index contributed by atoms with van der Waals surface area (Å²) < 4.78 is 5.62. The van der Waals surface area contributed by atoms with Crippen LogP contribution in [0, 0.1) is 5.92 Å². The van der Waals surface area contributed by atoms with E-state index in [4.69, 9.17) is 9.72 Å². The molecule has 5 rings (SSSR count). The summed E-state index contributed by atoms with van der Waals surface area (Å²) >= 11 is 0. The van der Waals surface area contributed by atoms with Gasteiger partial charge in [0.15, 0.2) is 5.82 Å². The van der Waals surface area contributed by atoms with Crippen LogP contribution in [0.1, 0.15) is 62.2 Å². The van der Waals surface area contributed by atoms with Gasteiger partial charge >= 0.3 is 0 Å². The van der Waals surface area contributed by atoms with E-state index in [0.29, 0.717) is 41.2 Å². The van der Waals surface area contributed by atoms with E-state index in [0.717, 1.165) is 44.6 Å². The van der Waals surface area contributed by atoms with Crippen LogP contribution in [0.2, 0.25) is 0 Å². The Morgan fingerprint density at radius 2 is 1.89 bits per heavy atom. The summed E-state index contributed by atoms with van der Waals surface area (Å²) in [4.78, 5) is 39.4. The van der Waals surface area contributed by atoms with Crippen molar-refractivity contribution in [1.82, 2.24) is 20.2 Å². The number of likely N-dealkylation sites (tertiary alicyclic amines) is 1. The first-order valence-corrected chi connectivity index (χ1v) is 13.8. The van der Waals surface area contributed by atoms with Crippen molar-refractivity contribution in [2.75, 3.05) is 49.3 Å². The summed E-state index contributed by atoms with van der Waals surface area (Å²) in [7, 11) is 3.69.